The summed E-state index contributed by atoms with van der Waals surface area (Å²) >= 11 is 6.49. The van der Waals surface area contributed by atoms with Gasteiger partial charge in [0.1, 0.15) is 19.0 Å². The Morgan fingerprint density at radius 1 is 1.05 bits per heavy atom. The second-order valence-electron chi connectivity index (χ2n) is 4.67. The van der Waals surface area contributed by atoms with Gasteiger partial charge in [0, 0.05) is 5.56 Å². The summed E-state index contributed by atoms with van der Waals surface area (Å²) in [5, 5.41) is -0.239. The molecular formula is C16H14ClFO2. The number of halogens is 2. The molecule has 0 saturated heterocycles. The lowest BCUT2D eigenvalue weighted by molar-refractivity contribution is 0.170. The molecule has 1 aliphatic rings. The van der Waals surface area contributed by atoms with E-state index in [1.165, 1.54) is 12.1 Å². The Kier molecular flexibility index (Phi) is 3.79. The number of para-hydroxylation sites is 1. The normalized spacial score (nSPS) is 14.9. The van der Waals surface area contributed by atoms with Crippen molar-refractivity contribution in [3.63, 3.8) is 0 Å². The van der Waals surface area contributed by atoms with E-state index < -0.39 is 0 Å². The van der Waals surface area contributed by atoms with E-state index in [-0.39, 0.29) is 11.2 Å². The molecule has 0 aromatic heterocycles. The van der Waals surface area contributed by atoms with Crippen LogP contribution in [0.25, 0.3) is 0 Å². The zero-order chi connectivity index (χ0) is 13.9. The Balaban J connectivity index is 1.83. The van der Waals surface area contributed by atoms with E-state index in [4.69, 9.17) is 21.1 Å². The van der Waals surface area contributed by atoms with Crippen molar-refractivity contribution in [2.45, 2.75) is 11.8 Å². The average Bonchev–Trinajstić information content (AvgIpc) is 2.49. The standard InChI is InChI=1S/C16H14ClFO2/c17-14(10-11-4-6-12(18)7-5-11)13-2-1-3-15-16(13)20-9-8-19-15/h1-7,14H,8-10H2. The lowest BCUT2D eigenvalue weighted by atomic mass is 10.0. The number of benzene rings is 2. The molecule has 0 fully saturated rings. The van der Waals surface area contributed by atoms with Crippen LogP contribution in [-0.4, -0.2) is 13.2 Å². The van der Waals surface area contributed by atoms with Crippen LogP contribution in [0.15, 0.2) is 42.5 Å². The molecule has 2 aromatic rings. The van der Waals surface area contributed by atoms with Crippen molar-refractivity contribution < 1.29 is 13.9 Å². The minimum absolute atomic E-state index is 0.239. The first-order valence-corrected chi connectivity index (χ1v) is 6.95. The molecule has 0 N–H and O–H groups in total. The molecule has 3 rings (SSSR count). The van der Waals surface area contributed by atoms with Gasteiger partial charge in [0.15, 0.2) is 11.5 Å². The number of rotatable bonds is 3. The van der Waals surface area contributed by atoms with Gasteiger partial charge in [0.2, 0.25) is 0 Å². The van der Waals surface area contributed by atoms with E-state index in [1.54, 1.807) is 12.1 Å². The number of hydrogen-bond donors (Lipinski definition) is 0. The zero-order valence-corrected chi connectivity index (χ0v) is 11.6. The molecule has 0 aliphatic carbocycles. The largest absolute Gasteiger partial charge is 0.486 e. The van der Waals surface area contributed by atoms with Crippen LogP contribution in [0.3, 0.4) is 0 Å². The Labute approximate surface area is 122 Å². The Morgan fingerprint density at radius 3 is 2.60 bits per heavy atom. The van der Waals surface area contributed by atoms with Crippen molar-refractivity contribution in [2.75, 3.05) is 13.2 Å². The molecule has 0 radical (unpaired) electrons. The summed E-state index contributed by atoms with van der Waals surface area (Å²) in [7, 11) is 0. The minimum atomic E-state index is -0.242. The third-order valence-electron chi connectivity index (χ3n) is 3.26. The van der Waals surface area contributed by atoms with Crippen molar-refractivity contribution in [3.8, 4) is 11.5 Å². The maximum absolute atomic E-state index is 12.9. The Bertz CT molecular complexity index is 598. The maximum atomic E-state index is 12.9. The van der Waals surface area contributed by atoms with Crippen molar-refractivity contribution in [1.82, 2.24) is 0 Å². The van der Waals surface area contributed by atoms with Crippen LogP contribution >= 0.6 is 11.6 Å². The minimum Gasteiger partial charge on any atom is -0.486 e. The highest BCUT2D eigenvalue weighted by molar-refractivity contribution is 6.21. The molecular weight excluding hydrogens is 279 g/mol. The molecule has 1 heterocycles. The van der Waals surface area contributed by atoms with Crippen molar-refractivity contribution in [3.05, 3.63) is 59.4 Å². The molecule has 4 heteroatoms. The fraction of sp³-hybridized carbons (Fsp3) is 0.250. The van der Waals surface area contributed by atoms with E-state index in [2.05, 4.69) is 0 Å². The summed E-state index contributed by atoms with van der Waals surface area (Å²) in [5.41, 5.74) is 1.90. The number of alkyl halides is 1. The van der Waals surface area contributed by atoms with Gasteiger partial charge in [0.05, 0.1) is 5.38 Å². The highest BCUT2D eigenvalue weighted by Gasteiger charge is 2.20. The van der Waals surface area contributed by atoms with Crippen molar-refractivity contribution in [1.29, 1.82) is 0 Å². The van der Waals surface area contributed by atoms with Crippen LogP contribution in [0.2, 0.25) is 0 Å². The molecule has 2 nitrogen and oxygen atoms in total. The predicted molar refractivity (Wildman–Crippen MR) is 76.1 cm³/mol. The summed E-state index contributed by atoms with van der Waals surface area (Å²) in [5.74, 6) is 1.22. The lowest BCUT2D eigenvalue weighted by Crippen LogP contribution is -2.17. The van der Waals surface area contributed by atoms with Gasteiger partial charge in [-0.3, -0.25) is 0 Å². The average molecular weight is 293 g/mol. The van der Waals surface area contributed by atoms with Gasteiger partial charge in [-0.05, 0) is 30.2 Å². The summed E-state index contributed by atoms with van der Waals surface area (Å²) in [4.78, 5) is 0. The van der Waals surface area contributed by atoms with Gasteiger partial charge in [-0.25, -0.2) is 4.39 Å². The summed E-state index contributed by atoms with van der Waals surface area (Å²) < 4.78 is 24.1. The summed E-state index contributed by atoms with van der Waals surface area (Å²) in [6.45, 7) is 1.09. The molecule has 0 bridgehead atoms. The van der Waals surface area contributed by atoms with Crippen LogP contribution in [0.4, 0.5) is 4.39 Å². The second kappa shape index (κ2) is 5.71. The monoisotopic (exact) mass is 292 g/mol. The van der Waals surface area contributed by atoms with Crippen LogP contribution in [0.5, 0.6) is 11.5 Å². The van der Waals surface area contributed by atoms with E-state index in [0.29, 0.717) is 19.6 Å². The number of hydrogen-bond acceptors (Lipinski definition) is 2. The molecule has 0 saturated carbocycles. The van der Waals surface area contributed by atoms with Gasteiger partial charge < -0.3 is 9.47 Å². The molecule has 1 aliphatic heterocycles. The van der Waals surface area contributed by atoms with Gasteiger partial charge >= 0.3 is 0 Å². The highest BCUT2D eigenvalue weighted by Crippen LogP contribution is 2.40. The smallest absolute Gasteiger partial charge is 0.166 e. The first-order valence-electron chi connectivity index (χ1n) is 6.51. The van der Waals surface area contributed by atoms with Crippen molar-refractivity contribution in [2.24, 2.45) is 0 Å². The molecule has 20 heavy (non-hydrogen) atoms. The molecule has 1 unspecified atom stereocenters. The summed E-state index contributed by atoms with van der Waals surface area (Å²) in [6.07, 6.45) is 0.613. The van der Waals surface area contributed by atoms with Gasteiger partial charge in [-0.15, -0.1) is 11.6 Å². The highest BCUT2D eigenvalue weighted by atomic mass is 35.5. The zero-order valence-electron chi connectivity index (χ0n) is 10.8. The van der Waals surface area contributed by atoms with Crippen LogP contribution < -0.4 is 9.47 Å². The van der Waals surface area contributed by atoms with Crippen LogP contribution in [0.1, 0.15) is 16.5 Å². The van der Waals surface area contributed by atoms with E-state index in [9.17, 15) is 4.39 Å². The molecule has 0 spiro atoms. The maximum Gasteiger partial charge on any atom is 0.166 e. The third kappa shape index (κ3) is 2.73. The third-order valence-corrected chi connectivity index (χ3v) is 3.65. The fourth-order valence-corrected chi connectivity index (χ4v) is 2.63. The Hall–Kier alpha value is -1.74. The van der Waals surface area contributed by atoms with Crippen molar-refractivity contribution >= 4 is 11.6 Å². The summed E-state index contributed by atoms with van der Waals surface area (Å²) in [6, 6.07) is 12.1. The molecule has 104 valence electrons. The topological polar surface area (TPSA) is 18.5 Å². The molecule has 1 atom stereocenters. The fourth-order valence-electron chi connectivity index (χ4n) is 2.28. The predicted octanol–water partition coefficient (Wildman–Crippen LogP) is 4.12. The first-order chi connectivity index (χ1) is 9.74. The van der Waals surface area contributed by atoms with Gasteiger partial charge in [0.25, 0.3) is 0 Å². The SMILES string of the molecule is Fc1ccc(CC(Cl)c2cccc3c2OCCO3)cc1. The van der Waals surface area contributed by atoms with Crippen LogP contribution in [-0.2, 0) is 6.42 Å². The van der Waals surface area contributed by atoms with E-state index >= 15 is 0 Å². The molecule has 0 amide bonds. The lowest BCUT2D eigenvalue weighted by Gasteiger charge is -2.22. The van der Waals surface area contributed by atoms with E-state index in [0.717, 1.165) is 22.6 Å². The van der Waals surface area contributed by atoms with Gasteiger partial charge in [-0.2, -0.15) is 0 Å². The molecule has 2 aromatic carbocycles. The van der Waals surface area contributed by atoms with Crippen LogP contribution in [0, 0.1) is 5.82 Å². The van der Waals surface area contributed by atoms with Gasteiger partial charge in [-0.1, -0.05) is 24.3 Å². The second-order valence-corrected chi connectivity index (χ2v) is 5.20. The first kappa shape index (κ1) is 13.3. The van der Waals surface area contributed by atoms with E-state index in [1.807, 2.05) is 18.2 Å². The quantitative estimate of drug-likeness (QED) is 0.792. The Morgan fingerprint density at radius 2 is 1.80 bits per heavy atom. The number of ether oxygens (including phenoxy) is 2. The number of fused-ring (bicyclic) bond motifs is 1.